The Morgan fingerprint density at radius 1 is 1.19 bits per heavy atom. The van der Waals surface area contributed by atoms with E-state index in [0.29, 0.717) is 17.8 Å². The van der Waals surface area contributed by atoms with E-state index in [-0.39, 0.29) is 6.61 Å². The normalized spacial score (nSPS) is 11.2. The Morgan fingerprint density at radius 3 is 2.44 bits per heavy atom. The number of nitrogens with zero attached hydrogens (tertiary/aromatic N) is 2. The highest BCUT2D eigenvalue weighted by molar-refractivity contribution is 5.35. The first kappa shape index (κ1) is 12.0. The Balaban J connectivity index is 2.49. The number of rotatable bonds is 4. The van der Waals surface area contributed by atoms with Crippen molar-refractivity contribution in [2.75, 3.05) is 6.61 Å². The van der Waals surface area contributed by atoms with Crippen LogP contribution in [0, 0.1) is 22.7 Å². The summed E-state index contributed by atoms with van der Waals surface area (Å²) in [7, 11) is 0. The van der Waals surface area contributed by atoms with E-state index in [0.717, 1.165) is 5.56 Å². The lowest BCUT2D eigenvalue weighted by Gasteiger charge is -2.03. The second kappa shape index (κ2) is 6.40. The topological polar surface area (TPSA) is 56.8 Å². The van der Waals surface area contributed by atoms with Crippen LogP contribution in [0.5, 0.6) is 0 Å². The Bertz CT molecular complexity index is 449. The van der Waals surface area contributed by atoms with Crippen molar-refractivity contribution in [3.05, 3.63) is 47.0 Å². The molecule has 0 aliphatic carbocycles. The van der Waals surface area contributed by atoms with Gasteiger partial charge in [0.15, 0.2) is 0 Å². The lowest BCUT2D eigenvalue weighted by Crippen LogP contribution is -1.99. The van der Waals surface area contributed by atoms with Crippen LogP contribution >= 0.6 is 0 Å². The van der Waals surface area contributed by atoms with Crippen LogP contribution in [0.15, 0.2) is 41.5 Å². The number of hydrogen-bond donors (Lipinski definition) is 0. The Labute approximate surface area is 95.2 Å². The summed E-state index contributed by atoms with van der Waals surface area (Å²) >= 11 is 0. The zero-order valence-electron chi connectivity index (χ0n) is 9.10. The fourth-order valence-electron chi connectivity index (χ4n) is 1.14. The molecule has 3 nitrogen and oxygen atoms in total. The highest BCUT2D eigenvalue weighted by Crippen LogP contribution is 2.05. The van der Waals surface area contributed by atoms with Gasteiger partial charge in [0.25, 0.3) is 0 Å². The second-order valence-corrected chi connectivity index (χ2v) is 3.31. The molecular weight excluding hydrogens is 200 g/mol. The van der Waals surface area contributed by atoms with Gasteiger partial charge in [0.1, 0.15) is 0 Å². The highest BCUT2D eigenvalue weighted by atomic mass is 16.5. The summed E-state index contributed by atoms with van der Waals surface area (Å²) in [4.78, 5) is 0. The molecule has 1 aromatic carbocycles. The molecule has 16 heavy (non-hydrogen) atoms. The van der Waals surface area contributed by atoms with Crippen LogP contribution < -0.4 is 0 Å². The minimum absolute atomic E-state index is 0.185. The summed E-state index contributed by atoms with van der Waals surface area (Å²) in [6.07, 6.45) is 0. The molecule has 1 aromatic rings. The van der Waals surface area contributed by atoms with E-state index >= 15 is 0 Å². The van der Waals surface area contributed by atoms with Gasteiger partial charge in [-0.2, -0.15) is 10.5 Å². The smallest absolute Gasteiger partial charge is 0.0982 e. The number of benzene rings is 1. The lowest BCUT2D eigenvalue weighted by atomic mass is 10.2. The summed E-state index contributed by atoms with van der Waals surface area (Å²) in [5.41, 5.74) is 1.85. The van der Waals surface area contributed by atoms with Crippen LogP contribution in [0.4, 0.5) is 0 Å². The van der Waals surface area contributed by atoms with Crippen LogP contribution in [0.2, 0.25) is 0 Å². The number of nitriles is 2. The van der Waals surface area contributed by atoms with Gasteiger partial charge < -0.3 is 4.74 Å². The Hall–Kier alpha value is -2.10. The molecule has 0 N–H and O–H groups in total. The minimum Gasteiger partial charge on any atom is -0.371 e. The molecule has 0 aromatic heterocycles. The van der Waals surface area contributed by atoms with Crippen molar-refractivity contribution in [1.82, 2.24) is 0 Å². The van der Waals surface area contributed by atoms with Gasteiger partial charge in [-0.25, -0.2) is 0 Å². The first-order valence-electron chi connectivity index (χ1n) is 4.89. The summed E-state index contributed by atoms with van der Waals surface area (Å²) in [6.45, 7) is 2.25. The first-order chi connectivity index (χ1) is 7.77. The Kier molecular flexibility index (Phi) is 4.79. The van der Waals surface area contributed by atoms with Gasteiger partial charge >= 0.3 is 0 Å². The van der Waals surface area contributed by atoms with Crippen LogP contribution in [0.3, 0.4) is 0 Å². The standard InChI is InChI=1S/C13H12N2O/c1-11(7-14)13(8-15)10-16-9-12-5-3-2-4-6-12/h2-6H,9-10H2,1H3/b13-11+. The summed E-state index contributed by atoms with van der Waals surface area (Å²) in [6, 6.07) is 13.6. The molecule has 3 heteroatoms. The molecule has 0 bridgehead atoms. The number of ether oxygens (including phenoxy) is 1. The van der Waals surface area contributed by atoms with E-state index in [1.807, 2.05) is 42.5 Å². The zero-order chi connectivity index (χ0) is 11.8. The molecule has 0 atom stereocenters. The van der Waals surface area contributed by atoms with Gasteiger partial charge in [-0.05, 0) is 12.5 Å². The molecule has 1 rings (SSSR count). The fourth-order valence-corrected chi connectivity index (χ4v) is 1.14. The van der Waals surface area contributed by atoms with Crippen molar-refractivity contribution in [1.29, 1.82) is 10.5 Å². The van der Waals surface area contributed by atoms with Crippen LogP contribution in [-0.4, -0.2) is 6.61 Å². The monoisotopic (exact) mass is 212 g/mol. The maximum absolute atomic E-state index is 8.79. The van der Waals surface area contributed by atoms with Crippen molar-refractivity contribution in [2.24, 2.45) is 0 Å². The van der Waals surface area contributed by atoms with Gasteiger partial charge in [-0.3, -0.25) is 0 Å². The van der Waals surface area contributed by atoms with Crippen LogP contribution in [-0.2, 0) is 11.3 Å². The van der Waals surface area contributed by atoms with E-state index < -0.39 is 0 Å². The van der Waals surface area contributed by atoms with Gasteiger partial charge in [0.2, 0.25) is 0 Å². The van der Waals surface area contributed by atoms with Gasteiger partial charge in [-0.15, -0.1) is 0 Å². The molecule has 0 radical (unpaired) electrons. The van der Waals surface area contributed by atoms with E-state index in [4.69, 9.17) is 15.3 Å². The number of allylic oxidation sites excluding steroid dienone is 1. The molecule has 0 amide bonds. The van der Waals surface area contributed by atoms with Gasteiger partial charge in [0, 0.05) is 5.57 Å². The van der Waals surface area contributed by atoms with E-state index in [1.54, 1.807) is 6.92 Å². The van der Waals surface area contributed by atoms with E-state index in [2.05, 4.69) is 0 Å². The minimum atomic E-state index is 0.185. The third-order valence-electron chi connectivity index (χ3n) is 2.11. The molecule has 0 aliphatic heterocycles. The lowest BCUT2D eigenvalue weighted by molar-refractivity contribution is 0.144. The van der Waals surface area contributed by atoms with E-state index in [1.165, 1.54) is 0 Å². The SMILES string of the molecule is C/C(C#N)=C(/C#N)COCc1ccccc1. The van der Waals surface area contributed by atoms with Crippen molar-refractivity contribution >= 4 is 0 Å². The summed E-state index contributed by atoms with van der Waals surface area (Å²) in [5, 5.41) is 17.4. The maximum Gasteiger partial charge on any atom is 0.0982 e. The molecule has 0 saturated heterocycles. The first-order valence-corrected chi connectivity index (χ1v) is 4.89. The highest BCUT2D eigenvalue weighted by Gasteiger charge is 2.01. The molecule has 0 fully saturated rings. The predicted molar refractivity (Wildman–Crippen MR) is 60.0 cm³/mol. The van der Waals surface area contributed by atoms with Crippen molar-refractivity contribution in [3.63, 3.8) is 0 Å². The predicted octanol–water partition coefficient (Wildman–Crippen LogP) is 2.57. The van der Waals surface area contributed by atoms with E-state index in [9.17, 15) is 0 Å². The molecule has 0 aliphatic rings. The van der Waals surface area contributed by atoms with Crippen molar-refractivity contribution in [2.45, 2.75) is 13.5 Å². The summed E-state index contributed by atoms with van der Waals surface area (Å²) in [5.74, 6) is 0. The molecule has 0 heterocycles. The number of hydrogen-bond acceptors (Lipinski definition) is 3. The van der Waals surface area contributed by atoms with Crippen molar-refractivity contribution < 1.29 is 4.74 Å². The third-order valence-corrected chi connectivity index (χ3v) is 2.11. The zero-order valence-corrected chi connectivity index (χ0v) is 9.10. The van der Waals surface area contributed by atoms with Crippen molar-refractivity contribution in [3.8, 4) is 12.1 Å². The third kappa shape index (κ3) is 3.57. The average molecular weight is 212 g/mol. The average Bonchev–Trinajstić information content (AvgIpc) is 2.35. The van der Waals surface area contributed by atoms with Gasteiger partial charge in [-0.1, -0.05) is 30.3 Å². The maximum atomic E-state index is 8.79. The Morgan fingerprint density at radius 2 is 1.88 bits per heavy atom. The molecule has 0 saturated carbocycles. The fraction of sp³-hybridized carbons (Fsp3) is 0.231. The molecule has 0 spiro atoms. The molecule has 80 valence electrons. The summed E-state index contributed by atoms with van der Waals surface area (Å²) < 4.78 is 5.36. The van der Waals surface area contributed by atoms with Gasteiger partial charge in [0.05, 0.1) is 30.9 Å². The largest absolute Gasteiger partial charge is 0.371 e. The van der Waals surface area contributed by atoms with Crippen LogP contribution in [0.1, 0.15) is 12.5 Å². The molecular formula is C13H12N2O. The van der Waals surface area contributed by atoms with Crippen LogP contribution in [0.25, 0.3) is 0 Å². The second-order valence-electron chi connectivity index (χ2n) is 3.31. The quantitative estimate of drug-likeness (QED) is 0.721. The molecule has 0 unspecified atom stereocenters.